The average molecular weight is 361 g/mol. The van der Waals surface area contributed by atoms with E-state index in [1.54, 1.807) is 60.9 Å². The van der Waals surface area contributed by atoms with Crippen molar-refractivity contribution in [2.24, 2.45) is 0 Å². The molecule has 3 aromatic rings. The summed E-state index contributed by atoms with van der Waals surface area (Å²) < 4.78 is 0. The largest absolute Gasteiger partial charge is 0.397 e. The second-order valence-corrected chi connectivity index (χ2v) is 5.79. The Labute approximate surface area is 156 Å². The number of anilines is 3. The number of carbonyl (C=O) groups excluding carboxylic acids is 2. The number of carbonyl (C=O) groups is 2. The summed E-state index contributed by atoms with van der Waals surface area (Å²) in [5.41, 5.74) is 8.81. The fourth-order valence-corrected chi connectivity index (χ4v) is 2.37. The molecule has 1 heterocycles. The zero-order chi connectivity index (χ0) is 19.1. The molecule has 0 aliphatic heterocycles. The van der Waals surface area contributed by atoms with Gasteiger partial charge in [-0.25, -0.2) is 4.79 Å². The third-order valence-corrected chi connectivity index (χ3v) is 3.79. The molecule has 1 aromatic heterocycles. The van der Waals surface area contributed by atoms with Crippen LogP contribution >= 0.6 is 0 Å². The van der Waals surface area contributed by atoms with Gasteiger partial charge in [-0.3, -0.25) is 9.78 Å². The molecule has 3 amide bonds. The number of urea groups is 1. The number of nitrogens with zero attached hydrogens (tertiary/aromatic N) is 1. The summed E-state index contributed by atoms with van der Waals surface area (Å²) in [6.07, 6.45) is 3.36. The minimum atomic E-state index is -0.340. The van der Waals surface area contributed by atoms with Crippen LogP contribution in [0.15, 0.2) is 73.1 Å². The molecule has 0 aliphatic rings. The smallest absolute Gasteiger partial charge is 0.319 e. The van der Waals surface area contributed by atoms with Gasteiger partial charge in [0.05, 0.1) is 11.4 Å². The molecule has 0 fully saturated rings. The molecule has 0 atom stereocenters. The molecule has 2 aromatic carbocycles. The third kappa shape index (κ3) is 5.05. The first-order valence-corrected chi connectivity index (χ1v) is 8.31. The van der Waals surface area contributed by atoms with Crippen molar-refractivity contribution in [1.82, 2.24) is 10.3 Å². The monoisotopic (exact) mass is 361 g/mol. The van der Waals surface area contributed by atoms with Crippen LogP contribution in [-0.2, 0) is 6.54 Å². The third-order valence-electron chi connectivity index (χ3n) is 3.79. The maximum absolute atomic E-state index is 12.3. The number of benzene rings is 2. The van der Waals surface area contributed by atoms with Gasteiger partial charge in [0, 0.05) is 30.2 Å². The number of nitrogens with one attached hydrogen (secondary N) is 3. The molecule has 7 nitrogen and oxygen atoms in total. The van der Waals surface area contributed by atoms with Crippen molar-refractivity contribution < 1.29 is 9.59 Å². The van der Waals surface area contributed by atoms with E-state index >= 15 is 0 Å². The molecule has 0 bridgehead atoms. The van der Waals surface area contributed by atoms with E-state index in [4.69, 9.17) is 5.73 Å². The number of hydrogen-bond acceptors (Lipinski definition) is 4. The van der Waals surface area contributed by atoms with Crippen LogP contribution in [0.5, 0.6) is 0 Å². The molecular weight excluding hydrogens is 342 g/mol. The lowest BCUT2D eigenvalue weighted by atomic mass is 10.2. The first kappa shape index (κ1) is 17.9. The minimum Gasteiger partial charge on any atom is -0.397 e. The lowest BCUT2D eigenvalue weighted by Crippen LogP contribution is -2.28. The van der Waals surface area contributed by atoms with E-state index in [9.17, 15) is 9.59 Å². The highest BCUT2D eigenvalue weighted by molar-refractivity contribution is 6.06. The van der Waals surface area contributed by atoms with Crippen LogP contribution in [0, 0.1) is 0 Å². The summed E-state index contributed by atoms with van der Waals surface area (Å²) >= 11 is 0. The summed E-state index contributed by atoms with van der Waals surface area (Å²) in [7, 11) is 0. The van der Waals surface area contributed by atoms with Crippen LogP contribution in [0.4, 0.5) is 21.9 Å². The van der Waals surface area contributed by atoms with Crippen molar-refractivity contribution in [3.8, 4) is 0 Å². The molecule has 0 aliphatic carbocycles. The Morgan fingerprint density at radius 1 is 0.926 bits per heavy atom. The molecule has 0 spiro atoms. The van der Waals surface area contributed by atoms with Crippen molar-refractivity contribution in [2.75, 3.05) is 16.4 Å². The standard InChI is InChI=1S/C20H19N5O2/c21-17-5-1-2-6-18(17)25-19(26)15-7-9-16(10-8-15)24-20(27)23-13-14-4-3-11-22-12-14/h1-12H,13,21H2,(H,25,26)(H2,23,24,27). The van der Waals surface area contributed by atoms with Gasteiger partial charge in [0.1, 0.15) is 0 Å². The van der Waals surface area contributed by atoms with Gasteiger partial charge in [0.2, 0.25) is 0 Å². The zero-order valence-electron chi connectivity index (χ0n) is 14.5. The highest BCUT2D eigenvalue weighted by atomic mass is 16.2. The Bertz CT molecular complexity index is 927. The van der Waals surface area contributed by atoms with Crippen LogP contribution < -0.4 is 21.7 Å². The van der Waals surface area contributed by atoms with E-state index in [2.05, 4.69) is 20.9 Å². The molecule has 0 saturated carbocycles. The minimum absolute atomic E-state index is 0.277. The van der Waals surface area contributed by atoms with Gasteiger partial charge < -0.3 is 21.7 Å². The highest BCUT2D eigenvalue weighted by Gasteiger charge is 2.08. The SMILES string of the molecule is Nc1ccccc1NC(=O)c1ccc(NC(=O)NCc2cccnc2)cc1. The fraction of sp³-hybridized carbons (Fsp3) is 0.0500. The van der Waals surface area contributed by atoms with Gasteiger partial charge in [-0.15, -0.1) is 0 Å². The lowest BCUT2D eigenvalue weighted by Gasteiger charge is -2.10. The molecule has 0 unspecified atom stereocenters. The van der Waals surface area contributed by atoms with Crippen molar-refractivity contribution in [3.63, 3.8) is 0 Å². The van der Waals surface area contributed by atoms with Crippen LogP contribution in [-0.4, -0.2) is 16.9 Å². The highest BCUT2D eigenvalue weighted by Crippen LogP contribution is 2.18. The lowest BCUT2D eigenvalue weighted by molar-refractivity contribution is 0.102. The van der Waals surface area contributed by atoms with E-state index in [1.807, 2.05) is 12.1 Å². The number of aromatic nitrogens is 1. The molecule has 5 N–H and O–H groups in total. The zero-order valence-corrected chi connectivity index (χ0v) is 14.5. The summed E-state index contributed by atoms with van der Waals surface area (Å²) in [5.74, 6) is -0.277. The number of hydrogen-bond donors (Lipinski definition) is 4. The van der Waals surface area contributed by atoms with E-state index in [-0.39, 0.29) is 11.9 Å². The quantitative estimate of drug-likeness (QED) is 0.523. The van der Waals surface area contributed by atoms with Gasteiger partial charge in [0.15, 0.2) is 0 Å². The Kier molecular flexibility index (Phi) is 5.64. The normalized spacial score (nSPS) is 10.1. The van der Waals surface area contributed by atoms with Gasteiger partial charge in [-0.05, 0) is 48.0 Å². The van der Waals surface area contributed by atoms with E-state index in [1.165, 1.54) is 0 Å². The second kappa shape index (κ2) is 8.48. The number of pyridine rings is 1. The maximum Gasteiger partial charge on any atom is 0.319 e. The van der Waals surface area contributed by atoms with Crippen molar-refractivity contribution in [1.29, 1.82) is 0 Å². The molecule has 0 radical (unpaired) electrons. The number of rotatable bonds is 5. The van der Waals surface area contributed by atoms with Crippen molar-refractivity contribution in [2.45, 2.75) is 6.54 Å². The van der Waals surface area contributed by atoms with Crippen LogP contribution in [0.25, 0.3) is 0 Å². The molecule has 0 saturated heterocycles. The first-order valence-electron chi connectivity index (χ1n) is 8.31. The van der Waals surface area contributed by atoms with Crippen LogP contribution in [0.3, 0.4) is 0 Å². The second-order valence-electron chi connectivity index (χ2n) is 5.79. The molecule has 7 heteroatoms. The molecular formula is C20H19N5O2. The van der Waals surface area contributed by atoms with E-state index in [0.29, 0.717) is 29.2 Å². The maximum atomic E-state index is 12.3. The predicted octanol–water partition coefficient (Wildman–Crippen LogP) is 3.24. The van der Waals surface area contributed by atoms with Crippen LogP contribution in [0.2, 0.25) is 0 Å². The van der Waals surface area contributed by atoms with Gasteiger partial charge >= 0.3 is 6.03 Å². The van der Waals surface area contributed by atoms with Crippen molar-refractivity contribution >= 4 is 29.0 Å². The molecule has 136 valence electrons. The molecule has 27 heavy (non-hydrogen) atoms. The predicted molar refractivity (Wildman–Crippen MR) is 105 cm³/mol. The van der Waals surface area contributed by atoms with E-state index < -0.39 is 0 Å². The summed E-state index contributed by atoms with van der Waals surface area (Å²) in [6.45, 7) is 0.374. The van der Waals surface area contributed by atoms with Crippen molar-refractivity contribution in [3.05, 3.63) is 84.2 Å². The summed E-state index contributed by atoms with van der Waals surface area (Å²) in [6, 6.07) is 17.0. The fourth-order valence-electron chi connectivity index (χ4n) is 2.37. The number of para-hydroxylation sites is 2. The topological polar surface area (TPSA) is 109 Å². The Morgan fingerprint density at radius 3 is 2.41 bits per heavy atom. The number of amides is 3. The first-order chi connectivity index (χ1) is 13.1. The van der Waals surface area contributed by atoms with Gasteiger partial charge in [-0.1, -0.05) is 18.2 Å². The average Bonchev–Trinajstić information content (AvgIpc) is 2.69. The number of nitrogen functional groups attached to an aromatic ring is 1. The Morgan fingerprint density at radius 2 is 1.70 bits per heavy atom. The van der Waals surface area contributed by atoms with Gasteiger partial charge in [-0.2, -0.15) is 0 Å². The molecule has 3 rings (SSSR count). The summed E-state index contributed by atoms with van der Waals surface area (Å²) in [4.78, 5) is 28.2. The Balaban J connectivity index is 1.54. The van der Waals surface area contributed by atoms with Gasteiger partial charge in [0.25, 0.3) is 5.91 Å². The Hall–Kier alpha value is -3.87. The number of nitrogens with two attached hydrogens (primary N) is 1. The van der Waals surface area contributed by atoms with E-state index in [0.717, 1.165) is 5.56 Å². The van der Waals surface area contributed by atoms with Crippen LogP contribution in [0.1, 0.15) is 15.9 Å². The summed E-state index contributed by atoms with van der Waals surface area (Å²) in [5, 5.41) is 8.21.